The molecule has 1 saturated carbocycles. The summed E-state index contributed by atoms with van der Waals surface area (Å²) in [4.78, 5) is 0. The van der Waals surface area contributed by atoms with Crippen LogP contribution in [0.4, 0.5) is 0 Å². The molecule has 20 heavy (non-hydrogen) atoms. The van der Waals surface area contributed by atoms with Crippen LogP contribution in [0, 0.1) is 35.0 Å². The molecule has 0 bridgehead atoms. The second-order valence-corrected chi connectivity index (χ2v) is 9.02. The Morgan fingerprint density at radius 2 is 1.65 bits per heavy atom. The minimum atomic E-state index is 0.494. The second kappa shape index (κ2) is 7.85. The molecule has 0 amide bonds. The number of hydrogen-bond donors (Lipinski definition) is 0. The Kier molecular flexibility index (Phi) is 7.09. The highest BCUT2D eigenvalue weighted by atomic mass is 14.4. The molecule has 0 saturated heterocycles. The Labute approximate surface area is 129 Å². The van der Waals surface area contributed by atoms with Crippen LogP contribution in [0.5, 0.6) is 0 Å². The molecule has 3 atom stereocenters. The first kappa shape index (κ1) is 18.1. The first-order valence-corrected chi connectivity index (χ1v) is 9.26. The minimum absolute atomic E-state index is 0.494. The van der Waals surface area contributed by atoms with Crippen molar-refractivity contribution >= 4 is 0 Å². The van der Waals surface area contributed by atoms with Gasteiger partial charge in [-0.05, 0) is 60.7 Å². The van der Waals surface area contributed by atoms with Gasteiger partial charge in [0.2, 0.25) is 0 Å². The van der Waals surface area contributed by atoms with E-state index in [4.69, 9.17) is 0 Å². The lowest BCUT2D eigenvalue weighted by Crippen LogP contribution is -2.34. The topological polar surface area (TPSA) is 0 Å². The number of hydrogen-bond acceptors (Lipinski definition) is 0. The van der Waals surface area contributed by atoms with Gasteiger partial charge in [-0.1, -0.05) is 67.7 Å². The molecule has 3 unspecified atom stereocenters. The summed E-state index contributed by atoms with van der Waals surface area (Å²) in [5, 5.41) is 0. The molecule has 0 aromatic carbocycles. The van der Waals surface area contributed by atoms with Crippen LogP contribution < -0.4 is 0 Å². The average molecular weight is 281 g/mol. The highest BCUT2D eigenvalue weighted by Crippen LogP contribution is 2.47. The van der Waals surface area contributed by atoms with E-state index in [1.165, 1.54) is 44.9 Å². The smallest absolute Gasteiger partial charge is 0.0380 e. The zero-order valence-corrected chi connectivity index (χ0v) is 15.3. The Balaban J connectivity index is 2.34. The number of rotatable bonds is 8. The van der Waals surface area contributed by atoms with Crippen molar-refractivity contribution in [2.75, 3.05) is 0 Å². The van der Waals surface area contributed by atoms with Crippen molar-refractivity contribution < 1.29 is 0 Å². The molecule has 0 heteroatoms. The maximum atomic E-state index is 2.54. The van der Waals surface area contributed by atoms with Gasteiger partial charge >= 0.3 is 0 Å². The van der Waals surface area contributed by atoms with Crippen LogP contribution in [-0.2, 0) is 0 Å². The van der Waals surface area contributed by atoms with Crippen LogP contribution in [0.1, 0.15) is 93.4 Å². The van der Waals surface area contributed by atoms with E-state index in [0.717, 1.165) is 29.6 Å². The van der Waals surface area contributed by atoms with Gasteiger partial charge in [-0.25, -0.2) is 0 Å². The van der Waals surface area contributed by atoms with Crippen LogP contribution >= 0.6 is 0 Å². The van der Waals surface area contributed by atoms with Crippen molar-refractivity contribution in [3.8, 4) is 0 Å². The van der Waals surface area contributed by atoms with Crippen LogP contribution in [-0.4, -0.2) is 0 Å². The van der Waals surface area contributed by atoms with Crippen molar-refractivity contribution in [3.05, 3.63) is 0 Å². The molecule has 0 radical (unpaired) electrons. The summed E-state index contributed by atoms with van der Waals surface area (Å²) in [5.41, 5.74) is 0.494. The van der Waals surface area contributed by atoms with E-state index in [-0.39, 0.29) is 0 Å². The molecule has 1 aliphatic carbocycles. The molecule has 0 aromatic rings. The van der Waals surface area contributed by atoms with Crippen LogP contribution in [0.15, 0.2) is 0 Å². The molecule has 1 rings (SSSR count). The predicted octanol–water partition coefficient (Wildman–Crippen LogP) is 6.94. The first-order valence-electron chi connectivity index (χ1n) is 9.26. The zero-order chi connectivity index (χ0) is 15.3. The summed E-state index contributed by atoms with van der Waals surface area (Å²) >= 11 is 0. The molecule has 0 heterocycles. The summed E-state index contributed by atoms with van der Waals surface area (Å²) in [6, 6.07) is 0. The van der Waals surface area contributed by atoms with Crippen LogP contribution in [0.3, 0.4) is 0 Å². The second-order valence-electron chi connectivity index (χ2n) is 9.02. The van der Waals surface area contributed by atoms with Crippen molar-refractivity contribution in [2.24, 2.45) is 35.0 Å². The minimum Gasteiger partial charge on any atom is -0.0654 e. The SMILES string of the molecule is CCCC(C)CC1CC(C(C)C(CC)CC(C)(C)C)C1. The van der Waals surface area contributed by atoms with Crippen molar-refractivity contribution in [2.45, 2.75) is 93.4 Å². The van der Waals surface area contributed by atoms with E-state index in [0.29, 0.717) is 5.41 Å². The first-order chi connectivity index (χ1) is 9.26. The molecule has 1 aliphatic rings. The maximum Gasteiger partial charge on any atom is -0.0380 e. The predicted molar refractivity (Wildman–Crippen MR) is 91.9 cm³/mol. The van der Waals surface area contributed by atoms with Gasteiger partial charge in [0.1, 0.15) is 0 Å². The van der Waals surface area contributed by atoms with Crippen molar-refractivity contribution in [1.29, 1.82) is 0 Å². The highest BCUT2D eigenvalue weighted by molar-refractivity contribution is 4.87. The lowest BCUT2D eigenvalue weighted by Gasteiger charge is -2.44. The van der Waals surface area contributed by atoms with Crippen molar-refractivity contribution in [1.82, 2.24) is 0 Å². The summed E-state index contributed by atoms with van der Waals surface area (Å²) < 4.78 is 0. The Morgan fingerprint density at radius 1 is 1.05 bits per heavy atom. The van der Waals surface area contributed by atoms with E-state index in [2.05, 4.69) is 48.5 Å². The quantitative estimate of drug-likeness (QED) is 0.452. The van der Waals surface area contributed by atoms with Gasteiger partial charge in [0.05, 0.1) is 0 Å². The van der Waals surface area contributed by atoms with Gasteiger partial charge in [-0.3, -0.25) is 0 Å². The molecule has 0 spiro atoms. The lowest BCUT2D eigenvalue weighted by atomic mass is 9.61. The van der Waals surface area contributed by atoms with Gasteiger partial charge in [0.15, 0.2) is 0 Å². The largest absolute Gasteiger partial charge is 0.0654 e. The zero-order valence-electron chi connectivity index (χ0n) is 15.3. The molecule has 0 N–H and O–H groups in total. The molecule has 0 nitrogen and oxygen atoms in total. The van der Waals surface area contributed by atoms with Gasteiger partial charge < -0.3 is 0 Å². The molecular formula is C20H40. The van der Waals surface area contributed by atoms with Gasteiger partial charge in [-0.15, -0.1) is 0 Å². The van der Waals surface area contributed by atoms with Crippen molar-refractivity contribution in [3.63, 3.8) is 0 Å². The van der Waals surface area contributed by atoms with E-state index >= 15 is 0 Å². The van der Waals surface area contributed by atoms with E-state index in [9.17, 15) is 0 Å². The van der Waals surface area contributed by atoms with Gasteiger partial charge in [0, 0.05) is 0 Å². The lowest BCUT2D eigenvalue weighted by molar-refractivity contribution is 0.0637. The normalized spacial score (nSPS) is 27.8. The third kappa shape index (κ3) is 5.78. The average Bonchev–Trinajstić information content (AvgIpc) is 2.28. The summed E-state index contributed by atoms with van der Waals surface area (Å²) in [5.74, 6) is 4.92. The maximum absolute atomic E-state index is 2.54. The van der Waals surface area contributed by atoms with Crippen LogP contribution in [0.25, 0.3) is 0 Å². The third-order valence-electron chi connectivity index (χ3n) is 5.68. The molecule has 120 valence electrons. The molecule has 1 fully saturated rings. The van der Waals surface area contributed by atoms with Gasteiger partial charge in [-0.2, -0.15) is 0 Å². The Hall–Kier alpha value is 0. The van der Waals surface area contributed by atoms with Crippen LogP contribution in [0.2, 0.25) is 0 Å². The summed E-state index contributed by atoms with van der Waals surface area (Å²) in [7, 11) is 0. The fourth-order valence-corrected chi connectivity index (χ4v) is 4.46. The van der Waals surface area contributed by atoms with Gasteiger partial charge in [0.25, 0.3) is 0 Å². The highest BCUT2D eigenvalue weighted by Gasteiger charge is 2.36. The van der Waals surface area contributed by atoms with E-state index < -0.39 is 0 Å². The standard InChI is InChI=1S/C20H40/c1-8-10-15(3)11-17-12-19(13-17)16(4)18(9-2)14-20(5,6)7/h15-19H,8-14H2,1-7H3. The Bertz CT molecular complexity index is 254. The van der Waals surface area contributed by atoms with E-state index in [1.807, 2.05) is 0 Å². The summed E-state index contributed by atoms with van der Waals surface area (Å²) in [6.07, 6.45) is 10.1. The molecule has 0 aliphatic heterocycles. The third-order valence-corrected chi connectivity index (χ3v) is 5.68. The molecular weight excluding hydrogens is 240 g/mol. The monoisotopic (exact) mass is 280 g/mol. The van der Waals surface area contributed by atoms with E-state index in [1.54, 1.807) is 0 Å². The Morgan fingerprint density at radius 3 is 2.10 bits per heavy atom. The fraction of sp³-hybridized carbons (Fsp3) is 1.00. The fourth-order valence-electron chi connectivity index (χ4n) is 4.46. The summed E-state index contributed by atoms with van der Waals surface area (Å²) in [6.45, 7) is 16.9. The molecule has 0 aromatic heterocycles.